The molecule has 1 amide bonds. The summed E-state index contributed by atoms with van der Waals surface area (Å²) in [5.41, 5.74) is 8.61. The summed E-state index contributed by atoms with van der Waals surface area (Å²) in [6, 6.07) is 17.5. The molecule has 232 valence electrons. The molecule has 0 saturated carbocycles. The van der Waals surface area contributed by atoms with E-state index in [1.165, 1.54) is 11.1 Å². The Kier molecular flexibility index (Phi) is 9.85. The molecule has 4 aromatic rings. The van der Waals surface area contributed by atoms with Crippen molar-refractivity contribution in [3.8, 4) is 11.1 Å². The molecule has 2 aromatic carbocycles. The Balaban J connectivity index is 1.17. The van der Waals surface area contributed by atoms with Crippen LogP contribution in [-0.4, -0.2) is 71.0 Å². The number of carbonyl (C=O) groups is 1. The van der Waals surface area contributed by atoms with Gasteiger partial charge in [-0.3, -0.25) is 9.69 Å². The molecule has 0 bridgehead atoms. The van der Waals surface area contributed by atoms with Gasteiger partial charge in [-0.25, -0.2) is 9.67 Å². The molecule has 2 saturated heterocycles. The van der Waals surface area contributed by atoms with Crippen molar-refractivity contribution < 1.29 is 9.53 Å². The number of amides is 1. The normalized spacial score (nSPS) is 16.3. The van der Waals surface area contributed by atoms with Gasteiger partial charge in [-0.05, 0) is 54.5 Å². The topological polar surface area (TPSA) is 96.3 Å². The second kappa shape index (κ2) is 14.3. The van der Waals surface area contributed by atoms with Crippen LogP contribution in [-0.2, 0) is 42.0 Å². The van der Waals surface area contributed by atoms with Gasteiger partial charge in [-0.2, -0.15) is 5.10 Å². The Labute approximate surface area is 260 Å². The number of hydrogen-bond donors (Lipinski definition) is 3. The van der Waals surface area contributed by atoms with E-state index < -0.39 is 0 Å². The maximum Gasteiger partial charge on any atom is 0.224 e. The van der Waals surface area contributed by atoms with Gasteiger partial charge >= 0.3 is 0 Å². The van der Waals surface area contributed by atoms with E-state index in [4.69, 9.17) is 9.72 Å². The van der Waals surface area contributed by atoms with Crippen molar-refractivity contribution in [2.45, 2.75) is 65.2 Å². The van der Waals surface area contributed by atoms with Crippen LogP contribution in [0.2, 0.25) is 0 Å². The molecule has 2 aliphatic rings. The smallest absolute Gasteiger partial charge is 0.224 e. The maximum absolute atomic E-state index is 13.3. The first kappa shape index (κ1) is 30.2. The van der Waals surface area contributed by atoms with Crippen molar-refractivity contribution in [3.63, 3.8) is 0 Å². The number of carbonyl (C=O) groups excluding carboxylic acids is 1. The van der Waals surface area contributed by atoms with Crippen LogP contribution >= 0.6 is 0 Å². The van der Waals surface area contributed by atoms with Crippen molar-refractivity contribution >= 4 is 22.6 Å². The summed E-state index contributed by atoms with van der Waals surface area (Å²) < 4.78 is 7.54. The second-order valence-corrected chi connectivity index (χ2v) is 11.9. The third-order valence-electron chi connectivity index (χ3n) is 8.81. The van der Waals surface area contributed by atoms with Crippen molar-refractivity contribution in [1.29, 1.82) is 0 Å². The van der Waals surface area contributed by atoms with E-state index in [0.29, 0.717) is 19.0 Å². The van der Waals surface area contributed by atoms with E-state index in [-0.39, 0.29) is 5.91 Å². The highest BCUT2D eigenvalue weighted by molar-refractivity contribution is 5.92. The van der Waals surface area contributed by atoms with Crippen molar-refractivity contribution in [2.75, 3.05) is 44.7 Å². The lowest BCUT2D eigenvalue weighted by Gasteiger charge is -2.27. The number of benzene rings is 2. The summed E-state index contributed by atoms with van der Waals surface area (Å²) >= 11 is 0. The molecule has 4 heterocycles. The van der Waals surface area contributed by atoms with Crippen LogP contribution in [0.15, 0.2) is 54.7 Å². The number of ether oxygens (including phenoxy) is 1. The molecule has 0 unspecified atom stereocenters. The van der Waals surface area contributed by atoms with Crippen LogP contribution in [0, 0.1) is 0 Å². The first-order valence-electron chi connectivity index (χ1n) is 16.2. The SMILES string of the molecule is CCc1nc2c(cnn2CC)c(NC2CCOCC2)c1CNC(=O)Cc1cccc(-c2cccc(CN3CCNCC3)c2)c1. The van der Waals surface area contributed by atoms with E-state index in [9.17, 15) is 4.79 Å². The monoisotopic (exact) mass is 595 g/mol. The Morgan fingerprint density at radius 2 is 1.75 bits per heavy atom. The number of piperazine rings is 1. The summed E-state index contributed by atoms with van der Waals surface area (Å²) in [5.74, 6) is -0.00183. The number of anilines is 1. The summed E-state index contributed by atoms with van der Waals surface area (Å²) in [4.78, 5) is 20.8. The number of nitrogens with zero attached hydrogens (tertiary/aromatic N) is 4. The number of nitrogens with one attached hydrogen (secondary N) is 3. The lowest BCUT2D eigenvalue weighted by Crippen LogP contribution is -2.42. The molecule has 9 nitrogen and oxygen atoms in total. The minimum Gasteiger partial charge on any atom is -0.381 e. The molecular formula is C35H45N7O2. The minimum atomic E-state index is -0.00183. The summed E-state index contributed by atoms with van der Waals surface area (Å²) in [6.45, 7) is 12.1. The molecule has 44 heavy (non-hydrogen) atoms. The van der Waals surface area contributed by atoms with E-state index >= 15 is 0 Å². The molecule has 0 aliphatic carbocycles. The van der Waals surface area contributed by atoms with Crippen molar-refractivity contribution in [1.82, 2.24) is 30.3 Å². The zero-order chi connectivity index (χ0) is 30.3. The fraction of sp³-hybridized carbons (Fsp3) is 0.457. The molecule has 9 heteroatoms. The third kappa shape index (κ3) is 7.12. The van der Waals surface area contributed by atoms with Crippen LogP contribution in [0.5, 0.6) is 0 Å². The van der Waals surface area contributed by atoms with Crippen molar-refractivity contribution in [3.05, 3.63) is 77.1 Å². The lowest BCUT2D eigenvalue weighted by molar-refractivity contribution is -0.120. The van der Waals surface area contributed by atoms with Gasteiger partial charge in [-0.1, -0.05) is 49.4 Å². The first-order valence-corrected chi connectivity index (χ1v) is 16.2. The molecule has 6 rings (SSSR count). The zero-order valence-corrected chi connectivity index (χ0v) is 26.1. The highest BCUT2D eigenvalue weighted by Gasteiger charge is 2.22. The molecule has 0 atom stereocenters. The van der Waals surface area contributed by atoms with E-state index in [2.05, 4.69) is 82.3 Å². The fourth-order valence-corrected chi connectivity index (χ4v) is 6.37. The van der Waals surface area contributed by atoms with Gasteiger partial charge in [0.05, 0.1) is 23.7 Å². The zero-order valence-electron chi connectivity index (χ0n) is 26.1. The van der Waals surface area contributed by atoms with Crippen LogP contribution in [0.4, 0.5) is 5.69 Å². The molecule has 3 N–H and O–H groups in total. The number of aromatic nitrogens is 3. The highest BCUT2D eigenvalue weighted by atomic mass is 16.5. The average Bonchev–Trinajstić information content (AvgIpc) is 3.48. The molecule has 2 fully saturated rings. The van der Waals surface area contributed by atoms with Gasteiger partial charge in [0.15, 0.2) is 5.65 Å². The number of pyridine rings is 1. The predicted octanol–water partition coefficient (Wildman–Crippen LogP) is 4.54. The van der Waals surface area contributed by atoms with Gasteiger partial charge in [0.2, 0.25) is 5.91 Å². The summed E-state index contributed by atoms with van der Waals surface area (Å²) in [5, 5.41) is 16.1. The van der Waals surface area contributed by atoms with E-state index in [1.54, 1.807) is 0 Å². The van der Waals surface area contributed by atoms with Gasteiger partial charge < -0.3 is 20.7 Å². The number of fused-ring (bicyclic) bond motifs is 1. The Morgan fingerprint density at radius 1 is 1.02 bits per heavy atom. The van der Waals surface area contributed by atoms with Crippen LogP contribution in [0.3, 0.4) is 0 Å². The first-order chi connectivity index (χ1) is 21.6. The number of rotatable bonds is 11. The van der Waals surface area contributed by atoms with Crippen molar-refractivity contribution in [2.24, 2.45) is 0 Å². The molecule has 2 aromatic heterocycles. The maximum atomic E-state index is 13.3. The van der Waals surface area contributed by atoms with Crippen LogP contribution in [0.1, 0.15) is 49.1 Å². The Hall–Kier alpha value is -3.79. The van der Waals surface area contributed by atoms with Crippen LogP contribution < -0.4 is 16.0 Å². The van der Waals surface area contributed by atoms with Gasteiger partial charge in [-0.15, -0.1) is 0 Å². The quantitative estimate of drug-likeness (QED) is 0.234. The fourth-order valence-electron chi connectivity index (χ4n) is 6.37. The Morgan fingerprint density at radius 3 is 2.48 bits per heavy atom. The number of hydrogen-bond acceptors (Lipinski definition) is 7. The summed E-state index contributed by atoms with van der Waals surface area (Å²) in [6.07, 6.45) is 4.90. The average molecular weight is 596 g/mol. The molecule has 0 radical (unpaired) electrons. The highest BCUT2D eigenvalue weighted by Crippen LogP contribution is 2.31. The minimum absolute atomic E-state index is 0.00183. The predicted molar refractivity (Wildman–Crippen MR) is 176 cm³/mol. The lowest BCUT2D eigenvalue weighted by atomic mass is 9.99. The van der Waals surface area contributed by atoms with E-state index in [1.807, 2.05) is 16.9 Å². The third-order valence-corrected chi connectivity index (χ3v) is 8.81. The number of aryl methyl sites for hydroxylation is 2. The summed E-state index contributed by atoms with van der Waals surface area (Å²) in [7, 11) is 0. The molecular weight excluding hydrogens is 550 g/mol. The Bertz CT molecular complexity index is 1570. The van der Waals surface area contributed by atoms with Gasteiger partial charge in [0.1, 0.15) is 0 Å². The second-order valence-electron chi connectivity index (χ2n) is 11.9. The largest absolute Gasteiger partial charge is 0.381 e. The van der Waals surface area contributed by atoms with Crippen LogP contribution in [0.25, 0.3) is 22.2 Å². The molecule has 0 spiro atoms. The molecule has 2 aliphatic heterocycles. The van der Waals surface area contributed by atoms with Gasteiger partial charge in [0, 0.05) is 76.3 Å². The standard InChI is InChI=1S/C35H45N7O2/c1-3-32-30(34(39-29-11-17-44-18-12-29)31-23-38-42(4-2)35(31)40-32)22-37-33(43)21-25-7-5-9-27(19-25)28-10-6-8-26(20-28)24-41-15-13-36-14-16-41/h5-10,19-20,23,29,36H,3-4,11-18,21-22,24H2,1-2H3,(H,37,43)(H,39,40). The van der Waals surface area contributed by atoms with Gasteiger partial charge in [0.25, 0.3) is 0 Å². The van der Waals surface area contributed by atoms with E-state index in [0.717, 1.165) is 111 Å².